The van der Waals surface area contributed by atoms with Crippen LogP contribution in [0.25, 0.3) is 0 Å². The smallest absolute Gasteiger partial charge is 0.314 e. The molecule has 1 aliphatic carbocycles. The van der Waals surface area contributed by atoms with Crippen molar-refractivity contribution in [3.05, 3.63) is 29.8 Å². The standard InChI is InChI=1S/C12H14FNO3/c13-10-2-1-8(7-14-10)12(11(16)17)5-3-9(15)4-6-12/h1-2,7,9,15H,3-6H2,(H,16,17). The highest BCUT2D eigenvalue weighted by Crippen LogP contribution is 2.39. The van der Waals surface area contributed by atoms with Crippen molar-refractivity contribution in [2.24, 2.45) is 0 Å². The number of hydrogen-bond acceptors (Lipinski definition) is 3. The van der Waals surface area contributed by atoms with E-state index < -0.39 is 23.4 Å². The van der Waals surface area contributed by atoms with Gasteiger partial charge >= 0.3 is 5.97 Å². The van der Waals surface area contributed by atoms with E-state index in [0.29, 0.717) is 31.2 Å². The normalized spacial score (nSPS) is 28.9. The number of nitrogens with zero attached hydrogens (tertiary/aromatic N) is 1. The number of pyridine rings is 1. The zero-order valence-electron chi connectivity index (χ0n) is 9.27. The summed E-state index contributed by atoms with van der Waals surface area (Å²) in [5.41, 5.74) is -0.516. The van der Waals surface area contributed by atoms with Gasteiger partial charge in [0, 0.05) is 6.20 Å². The van der Waals surface area contributed by atoms with E-state index in [4.69, 9.17) is 0 Å². The van der Waals surface area contributed by atoms with Crippen LogP contribution in [0.1, 0.15) is 31.2 Å². The van der Waals surface area contributed by atoms with Gasteiger partial charge in [-0.1, -0.05) is 6.07 Å². The highest BCUT2D eigenvalue weighted by Gasteiger charge is 2.43. The zero-order valence-corrected chi connectivity index (χ0v) is 9.27. The molecule has 0 bridgehead atoms. The molecule has 17 heavy (non-hydrogen) atoms. The Hall–Kier alpha value is -1.49. The minimum atomic E-state index is -1.03. The molecule has 0 amide bonds. The lowest BCUT2D eigenvalue weighted by molar-refractivity contribution is -0.146. The molecule has 1 saturated carbocycles. The highest BCUT2D eigenvalue weighted by atomic mass is 19.1. The van der Waals surface area contributed by atoms with E-state index in [-0.39, 0.29) is 0 Å². The van der Waals surface area contributed by atoms with Gasteiger partial charge in [0.25, 0.3) is 0 Å². The monoisotopic (exact) mass is 239 g/mol. The Balaban J connectivity index is 2.35. The van der Waals surface area contributed by atoms with Crippen LogP contribution in [0.3, 0.4) is 0 Å². The molecule has 1 heterocycles. The lowest BCUT2D eigenvalue weighted by Gasteiger charge is -2.35. The Morgan fingerprint density at radius 1 is 1.41 bits per heavy atom. The van der Waals surface area contributed by atoms with Crippen LogP contribution in [-0.2, 0) is 10.2 Å². The van der Waals surface area contributed by atoms with Crippen molar-refractivity contribution < 1.29 is 19.4 Å². The first kappa shape index (κ1) is 12.0. The van der Waals surface area contributed by atoms with Crippen molar-refractivity contribution in [2.75, 3.05) is 0 Å². The molecule has 0 aromatic carbocycles. The van der Waals surface area contributed by atoms with Gasteiger partial charge in [0.15, 0.2) is 0 Å². The highest BCUT2D eigenvalue weighted by molar-refractivity contribution is 5.81. The second kappa shape index (κ2) is 4.41. The van der Waals surface area contributed by atoms with Crippen LogP contribution in [-0.4, -0.2) is 27.3 Å². The number of carboxylic acids is 1. The van der Waals surface area contributed by atoms with Crippen molar-refractivity contribution >= 4 is 5.97 Å². The summed E-state index contributed by atoms with van der Waals surface area (Å²) in [5, 5.41) is 18.8. The van der Waals surface area contributed by atoms with Crippen LogP contribution >= 0.6 is 0 Å². The molecular weight excluding hydrogens is 225 g/mol. The fourth-order valence-corrected chi connectivity index (χ4v) is 2.38. The van der Waals surface area contributed by atoms with E-state index in [1.54, 1.807) is 0 Å². The Kier molecular flexibility index (Phi) is 3.11. The fraction of sp³-hybridized carbons (Fsp3) is 0.500. The molecule has 4 nitrogen and oxygen atoms in total. The first-order valence-corrected chi connectivity index (χ1v) is 5.58. The van der Waals surface area contributed by atoms with Gasteiger partial charge in [0.05, 0.1) is 11.5 Å². The topological polar surface area (TPSA) is 70.4 Å². The SMILES string of the molecule is O=C(O)C1(c2ccc(F)nc2)CCC(O)CC1. The minimum Gasteiger partial charge on any atom is -0.481 e. The maximum atomic E-state index is 12.7. The predicted octanol–water partition coefficient (Wildman–Crippen LogP) is 1.48. The number of hydrogen-bond donors (Lipinski definition) is 2. The number of halogens is 1. The number of aliphatic carboxylic acids is 1. The molecule has 1 aromatic rings. The number of aliphatic hydroxyl groups is 1. The van der Waals surface area contributed by atoms with Gasteiger partial charge in [-0.05, 0) is 37.3 Å². The summed E-state index contributed by atoms with van der Waals surface area (Å²) in [5.74, 6) is -1.55. The summed E-state index contributed by atoms with van der Waals surface area (Å²) in [7, 11) is 0. The van der Waals surface area contributed by atoms with E-state index in [2.05, 4.69) is 4.98 Å². The number of rotatable bonds is 2. The first-order valence-electron chi connectivity index (χ1n) is 5.58. The number of carboxylic acid groups (broad SMARTS) is 1. The largest absolute Gasteiger partial charge is 0.481 e. The molecule has 0 atom stereocenters. The third-order valence-corrected chi connectivity index (χ3v) is 3.50. The summed E-state index contributed by atoms with van der Waals surface area (Å²) in [6.07, 6.45) is 2.46. The second-order valence-electron chi connectivity index (χ2n) is 4.49. The van der Waals surface area contributed by atoms with Crippen molar-refractivity contribution in [1.29, 1.82) is 0 Å². The molecule has 0 unspecified atom stereocenters. The molecule has 0 aliphatic heterocycles. The van der Waals surface area contributed by atoms with E-state index in [1.807, 2.05) is 0 Å². The Morgan fingerprint density at radius 2 is 2.06 bits per heavy atom. The molecule has 0 saturated heterocycles. The number of carbonyl (C=O) groups is 1. The van der Waals surface area contributed by atoms with Crippen LogP contribution in [0.5, 0.6) is 0 Å². The maximum absolute atomic E-state index is 12.7. The molecule has 0 radical (unpaired) electrons. The number of aromatic nitrogens is 1. The Bertz CT molecular complexity index is 410. The van der Waals surface area contributed by atoms with Crippen LogP contribution < -0.4 is 0 Å². The van der Waals surface area contributed by atoms with Gasteiger partial charge < -0.3 is 10.2 Å². The van der Waals surface area contributed by atoms with Crippen molar-refractivity contribution in [2.45, 2.75) is 37.2 Å². The Labute approximate surface area is 98.1 Å². The van der Waals surface area contributed by atoms with Crippen LogP contribution in [0.15, 0.2) is 18.3 Å². The lowest BCUT2D eigenvalue weighted by Crippen LogP contribution is -2.40. The third kappa shape index (κ3) is 2.15. The van der Waals surface area contributed by atoms with Crippen molar-refractivity contribution in [1.82, 2.24) is 4.98 Å². The first-order chi connectivity index (χ1) is 8.04. The van der Waals surface area contributed by atoms with Crippen LogP contribution in [0.4, 0.5) is 4.39 Å². The number of aliphatic hydroxyl groups excluding tert-OH is 1. The van der Waals surface area contributed by atoms with Crippen molar-refractivity contribution in [3.63, 3.8) is 0 Å². The van der Waals surface area contributed by atoms with Gasteiger partial charge in [-0.25, -0.2) is 4.98 Å². The second-order valence-corrected chi connectivity index (χ2v) is 4.49. The van der Waals surface area contributed by atoms with Gasteiger partial charge in [-0.3, -0.25) is 4.79 Å². The van der Waals surface area contributed by atoms with Crippen LogP contribution in [0, 0.1) is 5.95 Å². The fourth-order valence-electron chi connectivity index (χ4n) is 2.38. The van der Waals surface area contributed by atoms with E-state index in [1.165, 1.54) is 18.3 Å². The average Bonchev–Trinajstić information content (AvgIpc) is 2.31. The predicted molar refractivity (Wildman–Crippen MR) is 58.0 cm³/mol. The molecule has 2 rings (SSSR count). The summed E-state index contributed by atoms with van der Waals surface area (Å²) in [4.78, 5) is 15.0. The summed E-state index contributed by atoms with van der Waals surface area (Å²) >= 11 is 0. The van der Waals surface area contributed by atoms with Gasteiger partial charge in [-0.15, -0.1) is 0 Å². The molecule has 2 N–H and O–H groups in total. The van der Waals surface area contributed by atoms with Gasteiger partial charge in [0.2, 0.25) is 5.95 Å². The molecule has 1 aromatic heterocycles. The lowest BCUT2D eigenvalue weighted by atomic mass is 9.69. The van der Waals surface area contributed by atoms with Gasteiger partial charge in [-0.2, -0.15) is 4.39 Å². The molecule has 5 heteroatoms. The quantitative estimate of drug-likeness (QED) is 0.767. The summed E-state index contributed by atoms with van der Waals surface area (Å²) < 4.78 is 12.7. The molecule has 1 fully saturated rings. The van der Waals surface area contributed by atoms with E-state index in [0.717, 1.165) is 0 Å². The zero-order chi connectivity index (χ0) is 12.5. The van der Waals surface area contributed by atoms with Crippen LogP contribution in [0.2, 0.25) is 0 Å². The molecular formula is C12H14FNO3. The average molecular weight is 239 g/mol. The molecule has 0 spiro atoms. The molecule has 92 valence electrons. The van der Waals surface area contributed by atoms with Crippen molar-refractivity contribution in [3.8, 4) is 0 Å². The van der Waals surface area contributed by atoms with E-state index >= 15 is 0 Å². The maximum Gasteiger partial charge on any atom is 0.314 e. The Morgan fingerprint density at radius 3 is 2.53 bits per heavy atom. The summed E-state index contributed by atoms with van der Waals surface area (Å²) in [6.45, 7) is 0. The third-order valence-electron chi connectivity index (χ3n) is 3.50. The summed E-state index contributed by atoms with van der Waals surface area (Å²) in [6, 6.07) is 2.64. The minimum absolute atomic E-state index is 0.358. The molecule has 1 aliphatic rings. The van der Waals surface area contributed by atoms with E-state index in [9.17, 15) is 19.4 Å². The van der Waals surface area contributed by atoms with Gasteiger partial charge in [0.1, 0.15) is 0 Å².